The third-order valence-corrected chi connectivity index (χ3v) is 7.82. The molecule has 0 saturated heterocycles. The smallest absolute Gasteiger partial charge is 0.231 e. The molecule has 4 atom stereocenters. The number of carbonyl (C=O) groups is 1. The highest BCUT2D eigenvalue weighted by Gasteiger charge is 2.63. The van der Waals surface area contributed by atoms with Crippen LogP contribution in [-0.4, -0.2) is 18.2 Å². The number of ether oxygens (including phenoxy) is 3. The Bertz CT molecular complexity index is 798. The van der Waals surface area contributed by atoms with Crippen molar-refractivity contribution >= 4 is 5.78 Å². The van der Waals surface area contributed by atoms with Crippen LogP contribution in [0.5, 0.6) is 17.2 Å². The maximum Gasteiger partial charge on any atom is 0.231 e. The lowest BCUT2D eigenvalue weighted by Crippen LogP contribution is -2.63. The standard InChI is InChI=1S/C22H28O4/c1-20(2)7-5-8-21(3)17(20)6-9-22(4)19(21)18(23)13-10-15-16(25-12-24-15)11-14(13)26-22/h10-11,17,19H,5-9,12H2,1-4H3/t17-,19+,21-,22-/m0/s1. The third kappa shape index (κ3) is 1.99. The molecular formula is C22H28O4. The van der Waals surface area contributed by atoms with Gasteiger partial charge in [0, 0.05) is 6.07 Å². The van der Waals surface area contributed by atoms with Crippen molar-refractivity contribution in [3.05, 3.63) is 17.7 Å². The van der Waals surface area contributed by atoms with E-state index in [2.05, 4.69) is 27.7 Å². The molecule has 0 N–H and O–H groups in total. The molecule has 0 radical (unpaired) electrons. The molecule has 4 heteroatoms. The van der Waals surface area contributed by atoms with Crippen molar-refractivity contribution in [3.8, 4) is 17.2 Å². The van der Waals surface area contributed by atoms with Crippen LogP contribution in [0.25, 0.3) is 0 Å². The van der Waals surface area contributed by atoms with Gasteiger partial charge in [0.25, 0.3) is 0 Å². The van der Waals surface area contributed by atoms with Crippen LogP contribution in [-0.2, 0) is 0 Å². The second kappa shape index (κ2) is 4.96. The molecule has 1 aromatic carbocycles. The number of carbonyl (C=O) groups excluding carboxylic acids is 1. The van der Waals surface area contributed by atoms with Crippen LogP contribution < -0.4 is 14.2 Å². The van der Waals surface area contributed by atoms with Crippen molar-refractivity contribution in [2.45, 2.75) is 65.4 Å². The van der Waals surface area contributed by atoms with Gasteiger partial charge in [-0.25, -0.2) is 0 Å². The molecule has 2 heterocycles. The number of hydrogen-bond donors (Lipinski definition) is 0. The van der Waals surface area contributed by atoms with Gasteiger partial charge in [0.2, 0.25) is 6.79 Å². The second-order valence-corrected chi connectivity index (χ2v) is 9.85. The summed E-state index contributed by atoms with van der Waals surface area (Å²) in [6, 6.07) is 3.68. The van der Waals surface area contributed by atoms with Crippen LogP contribution in [0.3, 0.4) is 0 Å². The van der Waals surface area contributed by atoms with Gasteiger partial charge in [0.15, 0.2) is 17.3 Å². The minimum absolute atomic E-state index is 0.0140. The van der Waals surface area contributed by atoms with Gasteiger partial charge in [-0.1, -0.05) is 27.2 Å². The molecule has 2 saturated carbocycles. The van der Waals surface area contributed by atoms with E-state index in [4.69, 9.17) is 14.2 Å². The number of fused-ring (bicyclic) bond motifs is 5. The zero-order valence-electron chi connectivity index (χ0n) is 16.2. The maximum absolute atomic E-state index is 13.8. The van der Waals surface area contributed by atoms with Gasteiger partial charge >= 0.3 is 0 Å². The number of Topliss-reactive ketones (excluding diaryl/α,β-unsaturated/α-hetero) is 1. The summed E-state index contributed by atoms with van der Waals surface area (Å²) in [6.07, 6.45) is 5.61. The highest BCUT2D eigenvalue weighted by atomic mass is 16.7. The van der Waals surface area contributed by atoms with Gasteiger partial charge in [-0.2, -0.15) is 0 Å². The van der Waals surface area contributed by atoms with Gasteiger partial charge in [-0.3, -0.25) is 4.79 Å². The normalized spacial score (nSPS) is 39.5. The molecule has 2 aliphatic carbocycles. The second-order valence-electron chi connectivity index (χ2n) is 9.85. The third-order valence-electron chi connectivity index (χ3n) is 7.82. The molecule has 1 aromatic rings. The first-order valence-corrected chi connectivity index (χ1v) is 9.91. The minimum atomic E-state index is -0.434. The Morgan fingerprint density at radius 1 is 0.962 bits per heavy atom. The Morgan fingerprint density at radius 2 is 1.69 bits per heavy atom. The Kier molecular flexibility index (Phi) is 3.14. The monoisotopic (exact) mass is 356 g/mol. The van der Waals surface area contributed by atoms with Crippen molar-refractivity contribution in [2.75, 3.05) is 6.79 Å². The van der Waals surface area contributed by atoms with Gasteiger partial charge in [-0.05, 0) is 55.4 Å². The van der Waals surface area contributed by atoms with Crippen LogP contribution in [0.15, 0.2) is 12.1 Å². The lowest BCUT2D eigenvalue weighted by molar-refractivity contribution is -0.143. The summed E-state index contributed by atoms with van der Waals surface area (Å²) in [5, 5.41) is 0. The molecule has 0 aromatic heterocycles. The molecule has 0 amide bonds. The molecule has 0 spiro atoms. The van der Waals surface area contributed by atoms with E-state index >= 15 is 0 Å². The highest BCUT2D eigenvalue weighted by molar-refractivity contribution is 6.03. The number of benzene rings is 1. The first kappa shape index (κ1) is 16.5. The van der Waals surface area contributed by atoms with Crippen molar-refractivity contribution in [1.82, 2.24) is 0 Å². The summed E-state index contributed by atoms with van der Waals surface area (Å²) < 4.78 is 17.5. The van der Waals surface area contributed by atoms with E-state index in [9.17, 15) is 4.79 Å². The molecule has 26 heavy (non-hydrogen) atoms. The lowest BCUT2D eigenvalue weighted by Gasteiger charge is -2.62. The van der Waals surface area contributed by atoms with Crippen LogP contribution >= 0.6 is 0 Å². The molecular weight excluding hydrogens is 328 g/mol. The summed E-state index contributed by atoms with van der Waals surface area (Å²) >= 11 is 0. The Balaban J connectivity index is 1.64. The van der Waals surface area contributed by atoms with Crippen molar-refractivity contribution in [3.63, 3.8) is 0 Å². The van der Waals surface area contributed by atoms with Crippen LogP contribution in [0.2, 0.25) is 0 Å². The van der Waals surface area contributed by atoms with Crippen molar-refractivity contribution in [1.29, 1.82) is 0 Å². The molecule has 4 nitrogen and oxygen atoms in total. The SMILES string of the molecule is CC1(C)CCC[C@]2(C)[C@H]3C(=O)c4cc5c(cc4O[C@@]3(C)CC[C@@H]12)OCO5. The average Bonchev–Trinajstić information content (AvgIpc) is 2.98. The van der Waals surface area contributed by atoms with Gasteiger partial charge in [-0.15, -0.1) is 0 Å². The highest BCUT2D eigenvalue weighted by Crippen LogP contribution is 2.64. The molecule has 0 bridgehead atoms. The van der Waals surface area contributed by atoms with Gasteiger partial charge in [0.05, 0.1) is 11.5 Å². The Hall–Kier alpha value is -1.71. The first-order valence-electron chi connectivity index (χ1n) is 9.91. The molecule has 5 rings (SSSR count). The predicted octanol–water partition coefficient (Wildman–Crippen LogP) is 4.99. The van der Waals surface area contributed by atoms with Gasteiger partial charge in [0.1, 0.15) is 11.4 Å². The van der Waals surface area contributed by atoms with Crippen molar-refractivity contribution in [2.24, 2.45) is 22.7 Å². The Labute approximate surface area is 155 Å². The molecule has 140 valence electrons. The fourth-order valence-electron chi connectivity index (χ4n) is 6.80. The van der Waals surface area contributed by atoms with E-state index in [1.54, 1.807) is 0 Å². The van der Waals surface area contributed by atoms with Crippen molar-refractivity contribution < 1.29 is 19.0 Å². The fourth-order valence-corrected chi connectivity index (χ4v) is 6.80. The largest absolute Gasteiger partial charge is 0.486 e. The molecule has 2 fully saturated rings. The van der Waals surface area contributed by atoms with E-state index in [1.807, 2.05) is 12.1 Å². The summed E-state index contributed by atoms with van der Waals surface area (Å²) in [5.74, 6) is 2.70. The molecule has 4 aliphatic rings. The van der Waals surface area contributed by atoms with E-state index in [0.29, 0.717) is 28.7 Å². The molecule has 2 aliphatic heterocycles. The number of ketones is 1. The zero-order chi connectivity index (χ0) is 18.3. The number of rotatable bonds is 0. The Morgan fingerprint density at radius 3 is 2.46 bits per heavy atom. The van der Waals surface area contributed by atoms with E-state index in [0.717, 1.165) is 19.3 Å². The van der Waals surface area contributed by atoms with E-state index in [1.165, 1.54) is 12.8 Å². The lowest BCUT2D eigenvalue weighted by atomic mass is 9.44. The van der Waals surface area contributed by atoms with Crippen LogP contribution in [0, 0.1) is 22.7 Å². The summed E-state index contributed by atoms with van der Waals surface area (Å²) in [5.41, 5.74) is 0.502. The average molecular weight is 356 g/mol. The first-order chi connectivity index (χ1) is 12.2. The fraction of sp³-hybridized carbons (Fsp3) is 0.682. The quantitative estimate of drug-likeness (QED) is 0.657. The van der Waals surface area contributed by atoms with Crippen LogP contribution in [0.4, 0.5) is 0 Å². The zero-order valence-corrected chi connectivity index (χ0v) is 16.2. The summed E-state index contributed by atoms with van der Waals surface area (Å²) in [4.78, 5) is 13.8. The number of hydrogen-bond acceptors (Lipinski definition) is 4. The molecule has 0 unspecified atom stereocenters. The predicted molar refractivity (Wildman–Crippen MR) is 97.9 cm³/mol. The topological polar surface area (TPSA) is 44.8 Å². The maximum atomic E-state index is 13.8. The minimum Gasteiger partial charge on any atom is -0.486 e. The van der Waals surface area contributed by atoms with Crippen LogP contribution in [0.1, 0.15) is 70.2 Å². The van der Waals surface area contributed by atoms with E-state index < -0.39 is 5.60 Å². The summed E-state index contributed by atoms with van der Waals surface area (Å²) in [7, 11) is 0. The summed E-state index contributed by atoms with van der Waals surface area (Å²) in [6.45, 7) is 9.48. The van der Waals surface area contributed by atoms with E-state index in [-0.39, 0.29) is 29.3 Å². The van der Waals surface area contributed by atoms with Gasteiger partial charge < -0.3 is 14.2 Å².